The molecule has 0 unspecified atom stereocenters. The molecule has 1 heterocycles. The van der Waals surface area contributed by atoms with Crippen molar-refractivity contribution in [3.8, 4) is 0 Å². The Morgan fingerprint density at radius 1 is 1.17 bits per heavy atom. The van der Waals surface area contributed by atoms with Crippen molar-refractivity contribution in [2.75, 3.05) is 6.54 Å². The Morgan fingerprint density at radius 2 is 1.87 bits per heavy atom. The number of carbonyl (C=O) groups is 2. The Bertz CT molecular complexity index is 826. The van der Waals surface area contributed by atoms with Crippen LogP contribution in [-0.4, -0.2) is 45.7 Å². The molecule has 1 amide bonds. The number of likely N-dealkylation sites (tertiary alicyclic amines) is 1. The first-order valence-corrected chi connectivity index (χ1v) is 10.6. The van der Waals surface area contributed by atoms with Gasteiger partial charge in [0.2, 0.25) is 5.91 Å². The normalized spacial score (nSPS) is 25.6. The summed E-state index contributed by atoms with van der Waals surface area (Å²) in [6.07, 6.45) is 14.4. The lowest BCUT2D eigenvalue weighted by atomic mass is 9.72. The number of aliphatic hydroxyl groups excluding tert-OH is 1. The Morgan fingerprint density at radius 3 is 2.50 bits per heavy atom. The van der Waals surface area contributed by atoms with Crippen LogP contribution >= 0.6 is 0 Å². The van der Waals surface area contributed by atoms with E-state index in [4.69, 9.17) is 0 Å². The Balaban J connectivity index is 2.01. The fourth-order valence-corrected chi connectivity index (χ4v) is 4.25. The number of hydrogen-bond donors (Lipinski definition) is 2. The number of amides is 1. The average Bonchev–Trinajstić information content (AvgIpc) is 3.03. The largest absolute Gasteiger partial charge is 0.480 e. The highest BCUT2D eigenvalue weighted by molar-refractivity contribution is 5.92. The van der Waals surface area contributed by atoms with Crippen molar-refractivity contribution < 1.29 is 19.8 Å². The number of nitrogens with zero attached hydrogens (tertiary/aromatic N) is 1. The maximum atomic E-state index is 12.4. The monoisotopic (exact) mass is 413 g/mol. The summed E-state index contributed by atoms with van der Waals surface area (Å²) in [7, 11) is 0. The fourth-order valence-electron chi connectivity index (χ4n) is 4.25. The lowest BCUT2D eigenvalue weighted by Gasteiger charge is -2.32. The second kappa shape index (κ2) is 10.1. The van der Waals surface area contributed by atoms with Crippen LogP contribution in [-0.2, 0) is 9.59 Å². The van der Waals surface area contributed by atoms with Crippen LogP contribution in [0.15, 0.2) is 58.7 Å². The van der Waals surface area contributed by atoms with Crippen LogP contribution in [0.5, 0.6) is 0 Å². The third-order valence-electron chi connectivity index (χ3n) is 5.97. The van der Waals surface area contributed by atoms with Gasteiger partial charge in [-0.05, 0) is 56.6 Å². The van der Waals surface area contributed by atoms with Gasteiger partial charge in [-0.1, -0.05) is 55.4 Å². The summed E-state index contributed by atoms with van der Waals surface area (Å²) in [5, 5.41) is 18.9. The van der Waals surface area contributed by atoms with Crippen LogP contribution < -0.4 is 0 Å². The molecular weight excluding hydrogens is 378 g/mol. The van der Waals surface area contributed by atoms with Crippen LogP contribution in [0.1, 0.15) is 60.3 Å². The van der Waals surface area contributed by atoms with E-state index < -0.39 is 18.1 Å². The first-order chi connectivity index (χ1) is 14.0. The molecule has 1 aliphatic carbocycles. The van der Waals surface area contributed by atoms with Gasteiger partial charge in [-0.15, -0.1) is 0 Å². The van der Waals surface area contributed by atoms with Crippen molar-refractivity contribution in [2.45, 2.75) is 72.4 Å². The minimum atomic E-state index is -1.08. The van der Waals surface area contributed by atoms with Gasteiger partial charge in [-0.25, -0.2) is 4.79 Å². The highest BCUT2D eigenvalue weighted by atomic mass is 16.4. The Kier molecular flexibility index (Phi) is 8.02. The van der Waals surface area contributed by atoms with Crippen molar-refractivity contribution >= 4 is 11.9 Å². The maximum absolute atomic E-state index is 12.4. The number of rotatable bonds is 6. The van der Waals surface area contributed by atoms with Gasteiger partial charge in [0.05, 0.1) is 6.10 Å². The standard InChI is InChI=1S/C25H35NO4/c1-17(11-12-21-19(3)10-7-13-25(21,4)5)8-6-9-18(2)14-23(28)26-16-20(27)15-22(26)24(29)30/h6,8-9,11-12,14,20,22,27H,7,10,13,15-16H2,1-5H3,(H,29,30)/t20-,22+/m1/s1. The summed E-state index contributed by atoms with van der Waals surface area (Å²) >= 11 is 0. The molecule has 1 saturated heterocycles. The molecule has 5 nitrogen and oxygen atoms in total. The molecule has 2 atom stereocenters. The summed E-state index contributed by atoms with van der Waals surface area (Å²) < 4.78 is 0. The highest BCUT2D eigenvalue weighted by Crippen LogP contribution is 2.40. The van der Waals surface area contributed by atoms with Gasteiger partial charge in [0.25, 0.3) is 0 Å². The number of carbonyl (C=O) groups excluding carboxylic acids is 1. The summed E-state index contributed by atoms with van der Waals surface area (Å²) in [4.78, 5) is 24.9. The topological polar surface area (TPSA) is 77.8 Å². The molecule has 5 heteroatoms. The fraction of sp³-hybridized carbons (Fsp3) is 0.520. The zero-order valence-corrected chi connectivity index (χ0v) is 18.8. The van der Waals surface area contributed by atoms with Crippen LogP contribution in [0, 0.1) is 5.41 Å². The first kappa shape index (κ1) is 23.9. The summed E-state index contributed by atoms with van der Waals surface area (Å²) in [5.41, 5.74) is 4.94. The molecule has 0 spiro atoms. The van der Waals surface area contributed by atoms with Crippen LogP contribution in [0.4, 0.5) is 0 Å². The van der Waals surface area contributed by atoms with Crippen LogP contribution in [0.3, 0.4) is 0 Å². The number of aliphatic carboxylic acids is 1. The number of carboxylic acids is 1. The number of β-amino-alcohol motifs (C(OH)–C–C–N with tert-alkyl or cyclic N) is 1. The van der Waals surface area contributed by atoms with Gasteiger partial charge in [0.1, 0.15) is 6.04 Å². The van der Waals surface area contributed by atoms with Gasteiger partial charge in [-0.3, -0.25) is 4.79 Å². The molecule has 2 rings (SSSR count). The number of carboxylic acid groups (broad SMARTS) is 1. The summed E-state index contributed by atoms with van der Waals surface area (Å²) in [5.74, 6) is -1.47. The van der Waals surface area contributed by atoms with Crippen molar-refractivity contribution in [2.24, 2.45) is 5.41 Å². The maximum Gasteiger partial charge on any atom is 0.326 e. The predicted octanol–water partition coefficient (Wildman–Crippen LogP) is 4.56. The van der Waals surface area contributed by atoms with Crippen molar-refractivity contribution in [1.29, 1.82) is 0 Å². The van der Waals surface area contributed by atoms with E-state index in [1.807, 2.05) is 25.2 Å². The SMILES string of the molecule is CC(C=CC1=C(C)CCCC1(C)C)=CC=CC(C)=CC(=O)N1C[C@H](O)C[C@H]1C(=O)O. The first-order valence-electron chi connectivity index (χ1n) is 10.6. The number of aliphatic hydroxyl groups is 1. The molecule has 164 valence electrons. The van der Waals surface area contributed by atoms with E-state index in [1.54, 1.807) is 6.92 Å². The third-order valence-corrected chi connectivity index (χ3v) is 5.97. The van der Waals surface area contributed by atoms with Gasteiger partial charge >= 0.3 is 5.97 Å². The molecule has 0 saturated carbocycles. The van der Waals surface area contributed by atoms with Crippen molar-refractivity contribution in [3.05, 3.63) is 58.7 Å². The summed E-state index contributed by atoms with van der Waals surface area (Å²) in [6, 6.07) is -0.963. The molecule has 1 aliphatic heterocycles. The molecular formula is C25H35NO4. The van der Waals surface area contributed by atoms with E-state index in [1.165, 1.54) is 41.4 Å². The molecule has 2 N–H and O–H groups in total. The lowest BCUT2D eigenvalue weighted by Crippen LogP contribution is -2.39. The number of hydrogen-bond acceptors (Lipinski definition) is 3. The average molecular weight is 414 g/mol. The smallest absolute Gasteiger partial charge is 0.326 e. The Hall–Kier alpha value is -2.40. The predicted molar refractivity (Wildman–Crippen MR) is 120 cm³/mol. The molecule has 0 bridgehead atoms. The molecule has 2 aliphatic rings. The molecule has 30 heavy (non-hydrogen) atoms. The second-order valence-corrected chi connectivity index (χ2v) is 9.16. The van der Waals surface area contributed by atoms with Gasteiger partial charge in [0, 0.05) is 19.0 Å². The van der Waals surface area contributed by atoms with Crippen molar-refractivity contribution in [3.63, 3.8) is 0 Å². The summed E-state index contributed by atoms with van der Waals surface area (Å²) in [6.45, 7) is 10.7. The van der Waals surface area contributed by atoms with E-state index in [9.17, 15) is 19.8 Å². The molecule has 0 aromatic rings. The quantitative estimate of drug-likeness (QED) is 0.494. The molecule has 0 radical (unpaired) electrons. The zero-order chi connectivity index (χ0) is 22.5. The highest BCUT2D eigenvalue weighted by Gasteiger charge is 2.38. The van der Waals surface area contributed by atoms with Gasteiger partial charge in [-0.2, -0.15) is 0 Å². The van der Waals surface area contributed by atoms with E-state index in [2.05, 4.69) is 32.9 Å². The van der Waals surface area contributed by atoms with E-state index in [-0.39, 0.29) is 24.3 Å². The van der Waals surface area contributed by atoms with Gasteiger partial charge < -0.3 is 15.1 Å². The van der Waals surface area contributed by atoms with E-state index in [0.29, 0.717) is 0 Å². The molecule has 0 aromatic carbocycles. The minimum absolute atomic E-state index is 0.0543. The van der Waals surface area contributed by atoms with E-state index >= 15 is 0 Å². The zero-order valence-electron chi connectivity index (χ0n) is 18.8. The molecule has 0 aromatic heterocycles. The Labute approximate surface area is 180 Å². The third kappa shape index (κ3) is 6.30. The van der Waals surface area contributed by atoms with Crippen LogP contribution in [0.2, 0.25) is 0 Å². The minimum Gasteiger partial charge on any atom is -0.480 e. The van der Waals surface area contributed by atoms with Gasteiger partial charge in [0.15, 0.2) is 0 Å². The van der Waals surface area contributed by atoms with Crippen molar-refractivity contribution in [1.82, 2.24) is 4.90 Å². The lowest BCUT2D eigenvalue weighted by molar-refractivity contribution is -0.146. The second-order valence-electron chi connectivity index (χ2n) is 9.16. The number of allylic oxidation sites excluding steroid dienone is 9. The van der Waals surface area contributed by atoms with Crippen LogP contribution in [0.25, 0.3) is 0 Å². The van der Waals surface area contributed by atoms with E-state index in [0.717, 1.165) is 11.1 Å². The molecule has 1 fully saturated rings.